The Labute approximate surface area is 84.7 Å². The number of hydrogen-bond donors (Lipinski definition) is 3. The number of nitrogens with one attached hydrogen (secondary N) is 1. The van der Waals surface area contributed by atoms with E-state index in [0.717, 1.165) is 0 Å². The van der Waals surface area contributed by atoms with E-state index in [2.05, 4.69) is 5.32 Å². The van der Waals surface area contributed by atoms with Gasteiger partial charge >= 0.3 is 0 Å². The summed E-state index contributed by atoms with van der Waals surface area (Å²) in [4.78, 5) is 12.6. The van der Waals surface area contributed by atoms with Crippen LogP contribution in [0, 0.1) is 0 Å². The Kier molecular flexibility index (Phi) is 5.68. The lowest BCUT2D eigenvalue weighted by Gasteiger charge is -2.20. The van der Waals surface area contributed by atoms with Gasteiger partial charge in [0.1, 0.15) is 0 Å². The van der Waals surface area contributed by atoms with Crippen LogP contribution in [0.2, 0.25) is 0 Å². The van der Waals surface area contributed by atoms with Crippen LogP contribution in [0.4, 0.5) is 0 Å². The van der Waals surface area contributed by atoms with Gasteiger partial charge in [0.2, 0.25) is 5.91 Å². The molecule has 0 bridgehead atoms. The van der Waals surface area contributed by atoms with E-state index in [4.69, 9.17) is 5.11 Å². The van der Waals surface area contributed by atoms with Crippen LogP contribution in [0.1, 0.15) is 13.3 Å². The molecule has 0 aliphatic carbocycles. The fraction of sp³-hybridized carbons (Fsp3) is 0.889. The monoisotopic (exact) mass is 204 g/mol. The van der Waals surface area contributed by atoms with Gasteiger partial charge in [0, 0.05) is 33.6 Å². The molecule has 0 aromatic rings. The number of aliphatic hydroxyl groups is 2. The number of hydrogen-bond acceptors (Lipinski definition) is 4. The third-order valence-electron chi connectivity index (χ3n) is 1.86. The summed E-state index contributed by atoms with van der Waals surface area (Å²) in [6.45, 7) is 2.03. The molecule has 0 aliphatic heterocycles. The molecule has 0 rings (SSSR count). The van der Waals surface area contributed by atoms with Crippen molar-refractivity contribution in [3.8, 4) is 0 Å². The van der Waals surface area contributed by atoms with Gasteiger partial charge in [-0.3, -0.25) is 4.79 Å². The Bertz CT molecular complexity index is 181. The van der Waals surface area contributed by atoms with E-state index in [-0.39, 0.29) is 19.1 Å². The Hall–Kier alpha value is -0.650. The van der Waals surface area contributed by atoms with E-state index in [0.29, 0.717) is 13.0 Å². The summed E-state index contributed by atoms with van der Waals surface area (Å²) < 4.78 is 0. The Morgan fingerprint density at radius 1 is 1.50 bits per heavy atom. The van der Waals surface area contributed by atoms with Crippen molar-refractivity contribution in [3.05, 3.63) is 0 Å². The zero-order valence-electron chi connectivity index (χ0n) is 9.08. The molecule has 0 saturated heterocycles. The molecule has 0 aromatic heterocycles. The van der Waals surface area contributed by atoms with Gasteiger partial charge in [-0.1, -0.05) is 0 Å². The van der Waals surface area contributed by atoms with Crippen molar-refractivity contribution in [3.63, 3.8) is 0 Å². The van der Waals surface area contributed by atoms with Crippen LogP contribution in [-0.4, -0.2) is 60.4 Å². The lowest BCUT2D eigenvalue weighted by molar-refractivity contribution is -0.128. The van der Waals surface area contributed by atoms with Crippen molar-refractivity contribution in [2.24, 2.45) is 0 Å². The average Bonchev–Trinajstić information content (AvgIpc) is 2.12. The maximum Gasteiger partial charge on any atom is 0.223 e. The molecule has 5 heteroatoms. The fourth-order valence-electron chi connectivity index (χ4n) is 0.833. The summed E-state index contributed by atoms with van der Waals surface area (Å²) in [5.41, 5.74) is -1.11. The number of nitrogens with zero attached hydrogens (tertiary/aromatic N) is 1. The molecule has 0 radical (unpaired) electrons. The zero-order valence-corrected chi connectivity index (χ0v) is 9.08. The van der Waals surface area contributed by atoms with Crippen LogP contribution in [0.3, 0.4) is 0 Å². The van der Waals surface area contributed by atoms with Gasteiger partial charge in [0.05, 0.1) is 12.2 Å². The quantitative estimate of drug-likeness (QED) is 0.475. The SMILES string of the molecule is CN(C)C(=O)CCNCC(C)(O)CO. The zero-order chi connectivity index (χ0) is 11.2. The minimum Gasteiger partial charge on any atom is -0.393 e. The second-order valence-corrected chi connectivity index (χ2v) is 3.87. The molecule has 0 aliphatic rings. The highest BCUT2D eigenvalue weighted by Gasteiger charge is 2.17. The molecule has 1 unspecified atom stereocenters. The number of rotatable bonds is 6. The molecule has 0 fully saturated rings. The summed E-state index contributed by atoms with van der Waals surface area (Å²) in [6, 6.07) is 0. The normalized spacial score (nSPS) is 14.9. The van der Waals surface area contributed by atoms with Crippen molar-refractivity contribution < 1.29 is 15.0 Å². The molecule has 1 amide bonds. The van der Waals surface area contributed by atoms with Crippen LogP contribution < -0.4 is 5.32 Å². The molecule has 14 heavy (non-hydrogen) atoms. The van der Waals surface area contributed by atoms with Crippen LogP contribution in [0.15, 0.2) is 0 Å². The van der Waals surface area contributed by atoms with Crippen molar-refractivity contribution in [2.45, 2.75) is 18.9 Å². The summed E-state index contributed by atoms with van der Waals surface area (Å²) in [5.74, 6) is 0.0427. The minimum atomic E-state index is -1.11. The summed E-state index contributed by atoms with van der Waals surface area (Å²) in [6.07, 6.45) is 0.397. The average molecular weight is 204 g/mol. The largest absolute Gasteiger partial charge is 0.393 e. The molecule has 0 spiro atoms. The van der Waals surface area contributed by atoms with Gasteiger partial charge in [-0.2, -0.15) is 0 Å². The van der Waals surface area contributed by atoms with Crippen LogP contribution in [-0.2, 0) is 4.79 Å². The molecule has 1 atom stereocenters. The highest BCUT2D eigenvalue weighted by Crippen LogP contribution is 1.98. The van der Waals surface area contributed by atoms with E-state index in [1.54, 1.807) is 14.1 Å². The maximum absolute atomic E-state index is 11.1. The topological polar surface area (TPSA) is 72.8 Å². The lowest BCUT2D eigenvalue weighted by atomic mass is 10.1. The summed E-state index contributed by atoms with van der Waals surface area (Å²) in [5, 5.41) is 21.0. The first-order valence-corrected chi connectivity index (χ1v) is 4.63. The second-order valence-electron chi connectivity index (χ2n) is 3.87. The predicted molar refractivity (Wildman–Crippen MR) is 53.9 cm³/mol. The minimum absolute atomic E-state index is 0.0427. The van der Waals surface area contributed by atoms with E-state index in [1.165, 1.54) is 11.8 Å². The molecular weight excluding hydrogens is 184 g/mol. The Balaban J connectivity index is 3.52. The van der Waals surface area contributed by atoms with Crippen molar-refractivity contribution in [1.82, 2.24) is 10.2 Å². The van der Waals surface area contributed by atoms with E-state index in [1.807, 2.05) is 0 Å². The van der Waals surface area contributed by atoms with E-state index in [9.17, 15) is 9.90 Å². The molecular formula is C9H20N2O3. The van der Waals surface area contributed by atoms with Crippen molar-refractivity contribution in [2.75, 3.05) is 33.8 Å². The maximum atomic E-state index is 11.1. The first-order valence-electron chi connectivity index (χ1n) is 4.63. The molecule has 5 nitrogen and oxygen atoms in total. The number of aliphatic hydroxyl groups excluding tert-OH is 1. The van der Waals surface area contributed by atoms with E-state index >= 15 is 0 Å². The number of carbonyl (C=O) groups excluding carboxylic acids is 1. The molecule has 0 heterocycles. The standard InChI is InChI=1S/C9H20N2O3/c1-9(14,7-12)6-10-5-4-8(13)11(2)3/h10,12,14H,4-7H2,1-3H3. The molecule has 84 valence electrons. The van der Waals surface area contributed by atoms with Gasteiger partial charge < -0.3 is 20.4 Å². The molecule has 0 saturated carbocycles. The third-order valence-corrected chi connectivity index (χ3v) is 1.86. The first-order chi connectivity index (χ1) is 6.39. The number of carbonyl (C=O) groups is 1. The van der Waals surface area contributed by atoms with Gasteiger partial charge in [0.25, 0.3) is 0 Å². The van der Waals surface area contributed by atoms with Crippen molar-refractivity contribution >= 4 is 5.91 Å². The summed E-state index contributed by atoms with van der Waals surface area (Å²) in [7, 11) is 3.40. The van der Waals surface area contributed by atoms with Crippen LogP contribution in [0.5, 0.6) is 0 Å². The molecule has 0 aromatic carbocycles. The van der Waals surface area contributed by atoms with Gasteiger partial charge in [-0.15, -0.1) is 0 Å². The van der Waals surface area contributed by atoms with Gasteiger partial charge in [-0.05, 0) is 6.92 Å². The van der Waals surface area contributed by atoms with Crippen molar-refractivity contribution in [1.29, 1.82) is 0 Å². The first kappa shape index (κ1) is 13.4. The Morgan fingerprint density at radius 3 is 2.50 bits per heavy atom. The number of amides is 1. The fourth-order valence-corrected chi connectivity index (χ4v) is 0.833. The predicted octanol–water partition coefficient (Wildman–Crippen LogP) is -1.20. The highest BCUT2D eigenvalue weighted by molar-refractivity contribution is 5.75. The highest BCUT2D eigenvalue weighted by atomic mass is 16.3. The van der Waals surface area contributed by atoms with Crippen LogP contribution >= 0.6 is 0 Å². The molecule has 3 N–H and O–H groups in total. The van der Waals surface area contributed by atoms with Gasteiger partial charge in [0.15, 0.2) is 0 Å². The van der Waals surface area contributed by atoms with E-state index < -0.39 is 5.60 Å². The summed E-state index contributed by atoms with van der Waals surface area (Å²) >= 11 is 0. The Morgan fingerprint density at radius 2 is 2.07 bits per heavy atom. The van der Waals surface area contributed by atoms with Gasteiger partial charge in [-0.25, -0.2) is 0 Å². The second kappa shape index (κ2) is 5.95. The third kappa shape index (κ3) is 5.90. The lowest BCUT2D eigenvalue weighted by Crippen LogP contribution is -2.41. The smallest absolute Gasteiger partial charge is 0.223 e. The van der Waals surface area contributed by atoms with Crippen LogP contribution in [0.25, 0.3) is 0 Å².